The molecule has 11 rings (SSSR count). The molecule has 11 aromatic rings. The second-order valence-corrected chi connectivity index (χ2v) is 13.2. The van der Waals surface area contributed by atoms with Gasteiger partial charge in [0.25, 0.3) is 0 Å². The van der Waals surface area contributed by atoms with Crippen LogP contribution in [0.1, 0.15) is 0 Å². The highest BCUT2D eigenvalue weighted by Crippen LogP contribution is 2.43. The summed E-state index contributed by atoms with van der Waals surface area (Å²) in [7, 11) is 0. The second-order valence-electron chi connectivity index (χ2n) is 13.2. The molecule has 0 bridgehead atoms. The van der Waals surface area contributed by atoms with Gasteiger partial charge in [0.2, 0.25) is 0 Å². The van der Waals surface area contributed by atoms with Crippen molar-refractivity contribution < 1.29 is 0 Å². The zero-order valence-corrected chi connectivity index (χ0v) is 27.6. The summed E-state index contributed by atoms with van der Waals surface area (Å²) in [6.07, 6.45) is 1.89. The Morgan fingerprint density at radius 2 is 0.804 bits per heavy atom. The first-order chi connectivity index (χ1) is 25.3. The molecular formula is C47H30N4. The van der Waals surface area contributed by atoms with Crippen molar-refractivity contribution in [1.29, 1.82) is 0 Å². The van der Waals surface area contributed by atoms with Crippen LogP contribution in [-0.4, -0.2) is 18.7 Å². The molecular weight excluding hydrogens is 621 g/mol. The third kappa shape index (κ3) is 4.05. The van der Waals surface area contributed by atoms with Crippen molar-refractivity contribution in [3.05, 3.63) is 182 Å². The third-order valence-corrected chi connectivity index (χ3v) is 10.5. The van der Waals surface area contributed by atoms with Crippen LogP contribution >= 0.6 is 0 Å². The van der Waals surface area contributed by atoms with E-state index in [1.54, 1.807) is 0 Å². The second kappa shape index (κ2) is 10.8. The van der Waals surface area contributed by atoms with Crippen molar-refractivity contribution in [3.8, 4) is 28.2 Å². The minimum Gasteiger partial charge on any atom is -0.309 e. The molecule has 238 valence electrons. The average Bonchev–Trinajstić information content (AvgIpc) is 3.84. The number of para-hydroxylation sites is 4. The van der Waals surface area contributed by atoms with E-state index in [0.29, 0.717) is 0 Å². The monoisotopic (exact) mass is 650 g/mol. The molecule has 4 heterocycles. The summed E-state index contributed by atoms with van der Waals surface area (Å²) in [6, 6.07) is 63.4. The molecule has 0 aliphatic rings. The molecule has 7 aromatic carbocycles. The van der Waals surface area contributed by atoms with Gasteiger partial charge in [-0.2, -0.15) is 0 Å². The van der Waals surface area contributed by atoms with Crippen molar-refractivity contribution in [2.24, 2.45) is 0 Å². The number of benzene rings is 7. The van der Waals surface area contributed by atoms with Crippen LogP contribution in [0.2, 0.25) is 0 Å². The predicted octanol–water partition coefficient (Wildman–Crippen LogP) is 12.0. The Balaban J connectivity index is 1.14. The summed E-state index contributed by atoms with van der Waals surface area (Å²) in [5.41, 5.74) is 13.8. The quantitative estimate of drug-likeness (QED) is 0.186. The molecule has 0 saturated carbocycles. The lowest BCUT2D eigenvalue weighted by atomic mass is 10.0. The van der Waals surface area contributed by atoms with Crippen LogP contribution in [-0.2, 0) is 0 Å². The van der Waals surface area contributed by atoms with Gasteiger partial charge in [-0.25, -0.2) is 0 Å². The summed E-state index contributed by atoms with van der Waals surface area (Å²) in [5.74, 6) is 0. The maximum Gasteiger partial charge on any atom is 0.0963 e. The zero-order valence-electron chi connectivity index (χ0n) is 27.6. The van der Waals surface area contributed by atoms with E-state index >= 15 is 0 Å². The number of fused-ring (bicyclic) bond motifs is 10. The lowest BCUT2D eigenvalue weighted by Gasteiger charge is -2.11. The van der Waals surface area contributed by atoms with Crippen molar-refractivity contribution in [2.75, 3.05) is 0 Å². The summed E-state index contributed by atoms with van der Waals surface area (Å²) in [5, 5.41) is 6.22. The molecule has 0 unspecified atom stereocenters. The van der Waals surface area contributed by atoms with Gasteiger partial charge in [0, 0.05) is 50.2 Å². The molecule has 4 nitrogen and oxygen atoms in total. The van der Waals surface area contributed by atoms with Gasteiger partial charge in [-0.1, -0.05) is 91.0 Å². The molecule has 51 heavy (non-hydrogen) atoms. The first kappa shape index (κ1) is 28.0. The number of hydrogen-bond donors (Lipinski definition) is 0. The minimum atomic E-state index is 1.01. The maximum atomic E-state index is 4.86. The zero-order chi connectivity index (χ0) is 33.5. The average molecular weight is 651 g/mol. The minimum absolute atomic E-state index is 1.01. The molecule has 0 radical (unpaired) electrons. The molecule has 0 N–H and O–H groups in total. The standard InChI is InChI=1S/C47H30N4/c1-3-14-33(15-4-1)49-39-21-9-7-19-36(39)45-42(49)26-27-43-46(45)37-20-8-10-22-40(37)51(43)35-18-11-13-31(29-35)32-24-25-41-38(30-32)47-44(23-12-28-48-47)50(41)34-16-5-2-6-17-34/h1-30H. The van der Waals surface area contributed by atoms with E-state index in [2.05, 4.69) is 184 Å². The van der Waals surface area contributed by atoms with Gasteiger partial charge in [-0.15, -0.1) is 0 Å². The van der Waals surface area contributed by atoms with E-state index in [4.69, 9.17) is 4.98 Å². The fourth-order valence-electron chi connectivity index (χ4n) is 8.35. The van der Waals surface area contributed by atoms with E-state index in [-0.39, 0.29) is 0 Å². The van der Waals surface area contributed by atoms with Gasteiger partial charge in [0.1, 0.15) is 0 Å². The highest BCUT2D eigenvalue weighted by atomic mass is 15.0. The van der Waals surface area contributed by atoms with E-state index in [9.17, 15) is 0 Å². The van der Waals surface area contributed by atoms with Gasteiger partial charge in [0.05, 0.1) is 38.6 Å². The Hall–Kier alpha value is -6.91. The van der Waals surface area contributed by atoms with Crippen LogP contribution in [0, 0.1) is 0 Å². The SMILES string of the molecule is c1ccc(-n2c3ccc(-c4cccc(-n5c6ccccc6c6c7c8ccccc8n(-c8ccccc8)c7ccc65)c4)cc3c3ncccc32)cc1. The van der Waals surface area contributed by atoms with Crippen molar-refractivity contribution in [1.82, 2.24) is 18.7 Å². The molecule has 0 atom stereocenters. The van der Waals surface area contributed by atoms with Crippen molar-refractivity contribution >= 4 is 65.5 Å². The Labute approximate surface area is 293 Å². The van der Waals surface area contributed by atoms with E-state index in [0.717, 1.165) is 38.9 Å². The molecule has 4 aromatic heterocycles. The van der Waals surface area contributed by atoms with Crippen LogP contribution in [0.4, 0.5) is 0 Å². The summed E-state index contributed by atoms with van der Waals surface area (Å²) in [4.78, 5) is 4.86. The van der Waals surface area contributed by atoms with E-state index in [1.165, 1.54) is 54.9 Å². The molecule has 0 amide bonds. The fourth-order valence-corrected chi connectivity index (χ4v) is 8.35. The summed E-state index contributed by atoms with van der Waals surface area (Å²) >= 11 is 0. The van der Waals surface area contributed by atoms with Gasteiger partial charge >= 0.3 is 0 Å². The van der Waals surface area contributed by atoms with Gasteiger partial charge in [-0.05, 0) is 96.1 Å². The highest BCUT2D eigenvalue weighted by Gasteiger charge is 2.21. The molecule has 0 aliphatic carbocycles. The smallest absolute Gasteiger partial charge is 0.0963 e. The van der Waals surface area contributed by atoms with Crippen LogP contribution < -0.4 is 0 Å². The van der Waals surface area contributed by atoms with Crippen molar-refractivity contribution in [2.45, 2.75) is 0 Å². The van der Waals surface area contributed by atoms with Gasteiger partial charge in [0.15, 0.2) is 0 Å². The molecule has 0 spiro atoms. The van der Waals surface area contributed by atoms with Gasteiger partial charge < -0.3 is 13.7 Å². The number of pyridine rings is 1. The Morgan fingerprint density at radius 3 is 1.47 bits per heavy atom. The van der Waals surface area contributed by atoms with Crippen LogP contribution in [0.3, 0.4) is 0 Å². The predicted molar refractivity (Wildman–Crippen MR) is 213 cm³/mol. The first-order valence-electron chi connectivity index (χ1n) is 17.4. The Kier molecular flexibility index (Phi) is 5.92. The number of nitrogens with zero attached hydrogens (tertiary/aromatic N) is 4. The molecule has 0 saturated heterocycles. The highest BCUT2D eigenvalue weighted by molar-refractivity contribution is 6.29. The number of hydrogen-bond acceptors (Lipinski definition) is 1. The van der Waals surface area contributed by atoms with Crippen molar-refractivity contribution in [3.63, 3.8) is 0 Å². The van der Waals surface area contributed by atoms with Gasteiger partial charge in [-0.3, -0.25) is 4.98 Å². The number of aromatic nitrogens is 4. The third-order valence-electron chi connectivity index (χ3n) is 10.5. The summed E-state index contributed by atoms with van der Waals surface area (Å²) in [6.45, 7) is 0. The van der Waals surface area contributed by atoms with E-state index in [1.807, 2.05) is 12.3 Å². The maximum absolute atomic E-state index is 4.86. The largest absolute Gasteiger partial charge is 0.309 e. The molecule has 4 heteroatoms. The Bertz CT molecular complexity index is 3130. The molecule has 0 fully saturated rings. The van der Waals surface area contributed by atoms with Crippen LogP contribution in [0.25, 0.3) is 93.7 Å². The van der Waals surface area contributed by atoms with Crippen LogP contribution in [0.5, 0.6) is 0 Å². The lowest BCUT2D eigenvalue weighted by molar-refractivity contribution is 1.17. The summed E-state index contributed by atoms with van der Waals surface area (Å²) < 4.78 is 7.14. The fraction of sp³-hybridized carbons (Fsp3) is 0. The first-order valence-corrected chi connectivity index (χ1v) is 17.4. The normalized spacial score (nSPS) is 11.9. The molecule has 0 aliphatic heterocycles. The Morgan fingerprint density at radius 1 is 0.314 bits per heavy atom. The van der Waals surface area contributed by atoms with Crippen LogP contribution in [0.15, 0.2) is 182 Å². The topological polar surface area (TPSA) is 27.7 Å². The number of rotatable bonds is 4. The van der Waals surface area contributed by atoms with E-state index < -0.39 is 0 Å². The lowest BCUT2D eigenvalue weighted by Crippen LogP contribution is -1.95.